The maximum Gasteiger partial charge on any atom is 0.253 e. The van der Waals surface area contributed by atoms with E-state index in [0.717, 1.165) is 106 Å². The number of nitrogens with zero attached hydrogens (tertiary/aromatic N) is 9. The number of rotatable bonds is 15. The molecule has 4 aromatic carbocycles. The standard InChI is InChI=1S/C24H20N6O3S.C16H15N3O.C14H20BrN3O3SSi/c1-33-21-13-15(10-11-26-21)20-12-16(14-25)18-8-5-9-19(18)22(20)27-23-28-24(30-29-23)34(31,32)17-6-3-2-4-7-17;1-20-15-8-10(5-6-19-15)14-7-11(9-17)12-3-2-4-13(12)16(14)18;1-23(2,3)10-9-21-11-18-14(16-13(15)17-18)22(19,20)12-7-5-4-6-8-12/h2-4,6-7,10-13H,5,8-9H2,1H3,(H2,27,28,29,30);5-8H,2-4,18H2,1H3;4-8H,9-11H2,1-3H3. The maximum atomic E-state index is 12.9. The van der Waals surface area contributed by atoms with E-state index in [2.05, 4.69) is 88.3 Å². The van der Waals surface area contributed by atoms with E-state index >= 15 is 0 Å². The fourth-order valence-electron chi connectivity index (χ4n) is 8.84. The molecular formula is C54H55BrN12O7S2Si. The lowest BCUT2D eigenvalue weighted by atomic mass is 9.94. The molecule has 0 unspecified atom stereocenters. The van der Waals surface area contributed by atoms with Crippen molar-refractivity contribution in [3.63, 3.8) is 0 Å². The quantitative estimate of drug-likeness (QED) is 0.0489. The number of halogens is 1. The molecule has 0 spiro atoms. The second-order valence-electron chi connectivity index (χ2n) is 19.0. The van der Waals surface area contributed by atoms with Gasteiger partial charge in [-0.3, -0.25) is 0 Å². The maximum absolute atomic E-state index is 12.9. The van der Waals surface area contributed by atoms with Crippen LogP contribution in [0.3, 0.4) is 0 Å². The first-order valence-corrected chi connectivity index (χ1v) is 31.8. The van der Waals surface area contributed by atoms with Gasteiger partial charge in [0.1, 0.15) is 6.73 Å². The van der Waals surface area contributed by atoms with Gasteiger partial charge in [0.05, 0.1) is 53.0 Å². The van der Waals surface area contributed by atoms with Crippen molar-refractivity contribution in [3.8, 4) is 46.2 Å². The van der Waals surface area contributed by atoms with Crippen molar-refractivity contribution in [2.45, 2.75) is 91.0 Å². The molecule has 0 radical (unpaired) electrons. The van der Waals surface area contributed by atoms with Gasteiger partial charge in [0.25, 0.3) is 5.16 Å². The zero-order chi connectivity index (χ0) is 54.9. The number of nitrogens with two attached hydrogens (primary N) is 1. The molecule has 0 amide bonds. The van der Waals surface area contributed by atoms with Crippen molar-refractivity contribution in [3.05, 3.63) is 148 Å². The molecule has 4 heterocycles. The molecule has 0 saturated heterocycles. The van der Waals surface area contributed by atoms with Crippen molar-refractivity contribution in [1.29, 1.82) is 10.5 Å². The molecule has 10 rings (SSSR count). The van der Waals surface area contributed by atoms with Crippen molar-refractivity contribution in [2.24, 2.45) is 0 Å². The minimum Gasteiger partial charge on any atom is -0.481 e. The van der Waals surface area contributed by atoms with Gasteiger partial charge >= 0.3 is 0 Å². The largest absolute Gasteiger partial charge is 0.481 e. The van der Waals surface area contributed by atoms with E-state index in [1.807, 2.05) is 30.3 Å². The predicted octanol–water partition coefficient (Wildman–Crippen LogP) is 9.70. The molecule has 0 fully saturated rings. The van der Waals surface area contributed by atoms with Gasteiger partial charge in [-0.1, -0.05) is 56.0 Å². The van der Waals surface area contributed by atoms with Crippen LogP contribution >= 0.6 is 15.9 Å². The molecular weight excluding hydrogens is 1100 g/mol. The van der Waals surface area contributed by atoms with Crippen LogP contribution in [-0.4, -0.2) is 85.6 Å². The number of anilines is 3. The summed E-state index contributed by atoms with van der Waals surface area (Å²) in [5.41, 5.74) is 16.8. The van der Waals surface area contributed by atoms with Crippen LogP contribution in [0.5, 0.6) is 11.8 Å². The highest BCUT2D eigenvalue weighted by Gasteiger charge is 2.28. The summed E-state index contributed by atoms with van der Waals surface area (Å²) in [7, 11) is -5.64. The molecule has 2 aliphatic rings. The van der Waals surface area contributed by atoms with Crippen LogP contribution in [0.15, 0.2) is 134 Å². The fourth-order valence-corrected chi connectivity index (χ4v) is 12.5. The first-order chi connectivity index (χ1) is 36.9. The molecule has 23 heteroatoms. The minimum absolute atomic E-state index is 0.0600. The summed E-state index contributed by atoms with van der Waals surface area (Å²) in [4.78, 5) is 16.8. The van der Waals surface area contributed by atoms with Gasteiger partial charge in [0.15, 0.2) is 0 Å². The van der Waals surface area contributed by atoms with Gasteiger partial charge in [0.2, 0.25) is 47.3 Å². The Balaban J connectivity index is 0.000000160. The highest BCUT2D eigenvalue weighted by Crippen LogP contribution is 2.42. The molecule has 8 aromatic rings. The summed E-state index contributed by atoms with van der Waals surface area (Å²) >= 11 is 3.13. The van der Waals surface area contributed by atoms with Gasteiger partial charge in [-0.15, -0.1) is 10.2 Å². The third kappa shape index (κ3) is 12.7. The molecule has 0 bridgehead atoms. The number of aromatic amines is 1. The van der Waals surface area contributed by atoms with Crippen LogP contribution in [0, 0.1) is 22.7 Å². The summed E-state index contributed by atoms with van der Waals surface area (Å²) in [5, 5.41) is 32.6. The van der Waals surface area contributed by atoms with Gasteiger partial charge in [0, 0.05) is 56.0 Å². The van der Waals surface area contributed by atoms with Crippen molar-refractivity contribution < 1.29 is 31.0 Å². The summed E-state index contributed by atoms with van der Waals surface area (Å²) in [6, 6.07) is 32.9. The number of nitriles is 2. The lowest BCUT2D eigenvalue weighted by Crippen LogP contribution is -2.22. The van der Waals surface area contributed by atoms with Crippen molar-refractivity contribution in [2.75, 3.05) is 31.9 Å². The molecule has 4 N–H and O–H groups in total. The van der Waals surface area contributed by atoms with E-state index in [1.54, 1.807) is 62.0 Å². The van der Waals surface area contributed by atoms with Gasteiger partial charge in [-0.05, 0) is 142 Å². The normalized spacial score (nSPS) is 12.7. The molecule has 396 valence electrons. The Hall–Kier alpha value is -7.80. The van der Waals surface area contributed by atoms with Crippen LogP contribution in [0.4, 0.5) is 17.3 Å². The number of nitrogen functional groups attached to an aromatic ring is 1. The van der Waals surface area contributed by atoms with E-state index in [4.69, 9.17) is 19.9 Å². The van der Waals surface area contributed by atoms with Crippen molar-refractivity contribution >= 4 is 61.0 Å². The highest BCUT2D eigenvalue weighted by atomic mass is 79.9. The first kappa shape index (κ1) is 55.4. The fraction of sp³-hybridized carbons (Fsp3) is 0.259. The molecule has 0 saturated carbocycles. The molecule has 0 aliphatic heterocycles. The number of fused-ring (bicyclic) bond motifs is 2. The summed E-state index contributed by atoms with van der Waals surface area (Å²) in [5.74, 6) is 1.10. The lowest BCUT2D eigenvalue weighted by Gasteiger charge is -2.17. The summed E-state index contributed by atoms with van der Waals surface area (Å²) < 4.78 is 68.7. The Kier molecular flexibility index (Phi) is 17.3. The number of ether oxygens (including phenoxy) is 3. The van der Waals surface area contributed by atoms with Crippen LogP contribution in [0.25, 0.3) is 22.3 Å². The molecule has 4 aromatic heterocycles. The average Bonchev–Trinajstić information content (AvgIpc) is 4.35. The Morgan fingerprint density at radius 2 is 1.26 bits per heavy atom. The zero-order valence-corrected chi connectivity index (χ0v) is 47.1. The Bertz CT molecular complexity index is 3750. The number of sulfone groups is 2. The van der Waals surface area contributed by atoms with Crippen LogP contribution in [0.1, 0.15) is 46.2 Å². The van der Waals surface area contributed by atoms with Gasteiger partial charge in [-0.25, -0.2) is 36.6 Å². The van der Waals surface area contributed by atoms with Gasteiger partial charge < -0.3 is 25.3 Å². The molecule has 2 aliphatic carbocycles. The highest BCUT2D eigenvalue weighted by molar-refractivity contribution is 9.10. The number of benzene rings is 4. The number of aromatic nitrogens is 8. The monoisotopic (exact) mass is 1150 g/mol. The SMILES string of the molecule is COc1cc(-c2cc(C#N)c3c(c2N)CCC3)ccn1.COc1cc(-c2cc(C#N)c3c(c2Nc2n[nH]c(S(=O)(=O)c4ccccc4)n2)CCC3)ccn1.C[Si](C)(C)CCOCn1nc(Br)nc1S(=O)(=O)c1ccccc1. The van der Waals surface area contributed by atoms with E-state index in [0.29, 0.717) is 23.9 Å². The second kappa shape index (κ2) is 24.0. The summed E-state index contributed by atoms with van der Waals surface area (Å²) in [6.07, 6.45) is 8.78. The van der Waals surface area contributed by atoms with E-state index in [9.17, 15) is 27.4 Å². The van der Waals surface area contributed by atoms with E-state index < -0.39 is 27.7 Å². The third-order valence-corrected chi connectivity index (χ3v) is 18.0. The zero-order valence-electron chi connectivity index (χ0n) is 42.9. The van der Waals surface area contributed by atoms with Crippen LogP contribution in [-0.2, 0) is 56.8 Å². The first-order valence-electron chi connectivity index (χ1n) is 24.4. The number of hydrogen-bond donors (Lipinski definition) is 3. The van der Waals surface area contributed by atoms with Crippen molar-refractivity contribution in [1.82, 2.24) is 39.9 Å². The Morgan fingerprint density at radius 1 is 0.727 bits per heavy atom. The number of nitrogens with one attached hydrogen (secondary N) is 2. The Morgan fingerprint density at radius 3 is 1.83 bits per heavy atom. The number of pyridine rings is 2. The Labute approximate surface area is 456 Å². The third-order valence-electron chi connectivity index (χ3n) is 12.7. The number of H-pyrrole nitrogens is 1. The van der Waals surface area contributed by atoms with E-state index in [1.165, 1.54) is 36.1 Å². The molecule has 0 atom stereocenters. The van der Waals surface area contributed by atoms with Crippen LogP contribution < -0.4 is 20.5 Å². The molecule has 77 heavy (non-hydrogen) atoms. The van der Waals surface area contributed by atoms with Crippen LogP contribution in [0.2, 0.25) is 25.7 Å². The second-order valence-corrected chi connectivity index (χ2v) is 29.0. The smallest absolute Gasteiger partial charge is 0.253 e. The van der Waals surface area contributed by atoms with Gasteiger partial charge in [-0.2, -0.15) is 20.5 Å². The average molecular weight is 1160 g/mol. The number of methoxy groups -OCH3 is 2. The lowest BCUT2D eigenvalue weighted by molar-refractivity contribution is 0.0712. The van der Waals surface area contributed by atoms with E-state index in [-0.39, 0.29) is 37.5 Å². The summed E-state index contributed by atoms with van der Waals surface area (Å²) in [6.45, 7) is 7.41. The molecule has 19 nitrogen and oxygen atoms in total. The predicted molar refractivity (Wildman–Crippen MR) is 296 cm³/mol. The topological polar surface area (TPSA) is 280 Å². The minimum atomic E-state index is -3.84. The number of hydrogen-bond acceptors (Lipinski definition) is 17.